The van der Waals surface area contributed by atoms with Gasteiger partial charge < -0.3 is 15.2 Å². The Hall–Kier alpha value is -3.68. The molecule has 0 spiro atoms. The Labute approximate surface area is 173 Å². The number of amides is 1. The zero-order chi connectivity index (χ0) is 21.8. The van der Waals surface area contributed by atoms with Gasteiger partial charge in [-0.05, 0) is 37.1 Å². The molecule has 1 atom stereocenters. The molecule has 1 aromatic heterocycles. The number of para-hydroxylation sites is 1. The molecule has 1 unspecified atom stereocenters. The number of carbonyl (C=O) groups is 2. The maximum Gasteiger partial charge on any atom is 0.305 e. The van der Waals surface area contributed by atoms with E-state index in [0.29, 0.717) is 11.1 Å². The third-order valence-corrected chi connectivity index (χ3v) is 4.82. The number of hydrogen-bond donors (Lipinski definition) is 2. The lowest BCUT2D eigenvalue weighted by atomic mass is 9.98. The van der Waals surface area contributed by atoms with Crippen LogP contribution >= 0.6 is 0 Å². The molecule has 7 nitrogen and oxygen atoms in total. The molecule has 2 N–H and O–H groups in total. The van der Waals surface area contributed by atoms with Gasteiger partial charge in [0.25, 0.3) is 5.91 Å². The minimum atomic E-state index is -1.06. The molecule has 1 heterocycles. The van der Waals surface area contributed by atoms with Gasteiger partial charge in [0.1, 0.15) is 17.2 Å². The first-order valence-electron chi connectivity index (χ1n) is 9.30. The van der Waals surface area contributed by atoms with Crippen LogP contribution in [0.25, 0.3) is 5.69 Å². The fourth-order valence-corrected chi connectivity index (χ4v) is 3.35. The average Bonchev–Trinajstić information content (AvgIpc) is 3.04. The van der Waals surface area contributed by atoms with Gasteiger partial charge in [0, 0.05) is 5.56 Å². The molecule has 0 fully saturated rings. The van der Waals surface area contributed by atoms with Crippen LogP contribution < -0.4 is 10.1 Å². The lowest BCUT2D eigenvalue weighted by Crippen LogP contribution is -2.32. The van der Waals surface area contributed by atoms with Gasteiger partial charge in [-0.1, -0.05) is 36.4 Å². The fraction of sp³-hybridized carbons (Fsp3) is 0.227. The summed E-state index contributed by atoms with van der Waals surface area (Å²) in [5, 5.41) is 16.3. The second-order valence-electron chi connectivity index (χ2n) is 6.83. The normalized spacial score (nSPS) is 11.7. The molecule has 0 radical (unpaired) electrons. The highest BCUT2D eigenvalue weighted by Gasteiger charge is 2.27. The van der Waals surface area contributed by atoms with Crippen molar-refractivity contribution in [2.75, 3.05) is 7.11 Å². The van der Waals surface area contributed by atoms with Crippen LogP contribution in [-0.2, 0) is 4.79 Å². The van der Waals surface area contributed by atoms with E-state index >= 15 is 0 Å². The van der Waals surface area contributed by atoms with Crippen molar-refractivity contribution < 1.29 is 23.8 Å². The van der Waals surface area contributed by atoms with Gasteiger partial charge in [0.15, 0.2) is 0 Å². The van der Waals surface area contributed by atoms with Crippen molar-refractivity contribution >= 4 is 11.9 Å². The number of nitrogens with one attached hydrogen (secondary N) is 1. The number of aliphatic carboxylic acids is 1. The molecule has 0 aliphatic heterocycles. The van der Waals surface area contributed by atoms with Crippen molar-refractivity contribution in [1.29, 1.82) is 0 Å². The zero-order valence-corrected chi connectivity index (χ0v) is 16.8. The van der Waals surface area contributed by atoms with Gasteiger partial charge in [-0.15, -0.1) is 5.10 Å². The molecule has 8 heteroatoms. The minimum Gasteiger partial charge on any atom is -0.481 e. The SMILES string of the molecule is COc1nn(-c2ccccc2F)c(C(=O)NC(CC(=O)O)c2ccccc2C)c1C. The third-order valence-electron chi connectivity index (χ3n) is 4.82. The minimum absolute atomic E-state index is 0.0703. The number of aryl methyl sites for hydroxylation is 1. The molecular formula is C22H22FN3O4. The number of benzene rings is 2. The molecule has 156 valence electrons. The first-order valence-corrected chi connectivity index (χ1v) is 9.30. The number of rotatable bonds is 7. The van der Waals surface area contributed by atoms with E-state index < -0.39 is 23.7 Å². The number of methoxy groups -OCH3 is 1. The number of ether oxygens (including phenoxy) is 1. The smallest absolute Gasteiger partial charge is 0.305 e. The summed E-state index contributed by atoms with van der Waals surface area (Å²) in [6.07, 6.45) is -0.305. The van der Waals surface area contributed by atoms with Crippen LogP contribution in [0, 0.1) is 19.7 Å². The van der Waals surface area contributed by atoms with Gasteiger partial charge in [-0.25, -0.2) is 9.07 Å². The van der Waals surface area contributed by atoms with Crippen molar-refractivity contribution in [2.24, 2.45) is 0 Å². The highest BCUT2D eigenvalue weighted by atomic mass is 19.1. The van der Waals surface area contributed by atoms with Crippen molar-refractivity contribution in [1.82, 2.24) is 15.1 Å². The fourth-order valence-electron chi connectivity index (χ4n) is 3.35. The maximum atomic E-state index is 14.4. The number of hydrogen-bond acceptors (Lipinski definition) is 4. The van der Waals surface area contributed by atoms with Gasteiger partial charge >= 0.3 is 5.97 Å². The Morgan fingerprint density at radius 1 is 1.17 bits per heavy atom. The Bertz CT molecular complexity index is 1090. The average molecular weight is 411 g/mol. The molecule has 2 aromatic carbocycles. The summed E-state index contributed by atoms with van der Waals surface area (Å²) in [6, 6.07) is 12.4. The van der Waals surface area contributed by atoms with E-state index in [1.807, 2.05) is 19.1 Å². The summed E-state index contributed by atoms with van der Waals surface area (Å²) in [6.45, 7) is 3.48. The van der Waals surface area contributed by atoms with Crippen molar-refractivity contribution in [3.8, 4) is 11.6 Å². The summed E-state index contributed by atoms with van der Waals surface area (Å²) in [7, 11) is 1.41. The molecule has 1 amide bonds. The summed E-state index contributed by atoms with van der Waals surface area (Å²) in [5.41, 5.74) is 2.11. The molecular weight excluding hydrogens is 389 g/mol. The van der Waals surface area contributed by atoms with Gasteiger partial charge in [-0.3, -0.25) is 9.59 Å². The Balaban J connectivity index is 2.05. The van der Waals surface area contributed by atoms with Crippen molar-refractivity contribution in [3.63, 3.8) is 0 Å². The number of carboxylic acid groups (broad SMARTS) is 1. The molecule has 30 heavy (non-hydrogen) atoms. The topological polar surface area (TPSA) is 93.5 Å². The summed E-state index contributed by atoms with van der Waals surface area (Å²) < 4.78 is 20.8. The van der Waals surface area contributed by atoms with Crippen LogP contribution in [0.2, 0.25) is 0 Å². The van der Waals surface area contributed by atoms with E-state index in [4.69, 9.17) is 4.74 Å². The molecule has 0 aliphatic carbocycles. The molecule has 0 saturated carbocycles. The van der Waals surface area contributed by atoms with E-state index in [-0.39, 0.29) is 23.7 Å². The van der Waals surface area contributed by atoms with Crippen LogP contribution in [0.5, 0.6) is 5.88 Å². The van der Waals surface area contributed by atoms with Crippen LogP contribution in [0.15, 0.2) is 48.5 Å². The van der Waals surface area contributed by atoms with Crippen molar-refractivity contribution in [3.05, 3.63) is 76.7 Å². The number of halogens is 1. The summed E-state index contributed by atoms with van der Waals surface area (Å²) in [5.74, 6) is -2.02. The second kappa shape index (κ2) is 8.77. The summed E-state index contributed by atoms with van der Waals surface area (Å²) >= 11 is 0. The second-order valence-corrected chi connectivity index (χ2v) is 6.83. The monoisotopic (exact) mass is 411 g/mol. The standard InChI is InChI=1S/C22H22FN3O4/c1-13-8-4-5-9-15(13)17(12-19(27)28)24-21(29)20-14(2)22(30-3)25-26(20)18-11-7-6-10-16(18)23/h4-11,17H,12H2,1-3H3,(H,24,29)(H,27,28). The Morgan fingerprint density at radius 3 is 2.47 bits per heavy atom. The lowest BCUT2D eigenvalue weighted by molar-refractivity contribution is -0.137. The first kappa shape index (κ1) is 21.0. The molecule has 3 rings (SSSR count). The molecule has 0 aliphatic rings. The number of carboxylic acids is 1. The van der Waals surface area contributed by atoms with Crippen LogP contribution in [0.4, 0.5) is 4.39 Å². The predicted octanol–water partition coefficient (Wildman–Crippen LogP) is 3.58. The molecule has 3 aromatic rings. The number of aromatic nitrogens is 2. The molecule has 0 bridgehead atoms. The first-order chi connectivity index (χ1) is 14.3. The largest absolute Gasteiger partial charge is 0.481 e. The van der Waals surface area contributed by atoms with E-state index in [1.54, 1.807) is 25.1 Å². The predicted molar refractivity (Wildman–Crippen MR) is 108 cm³/mol. The number of nitrogens with zero attached hydrogens (tertiary/aromatic N) is 2. The van der Waals surface area contributed by atoms with Gasteiger partial charge in [0.2, 0.25) is 5.88 Å². The number of carbonyl (C=O) groups excluding carboxylic acids is 1. The Kier molecular flexibility index (Phi) is 6.15. The maximum absolute atomic E-state index is 14.4. The van der Waals surface area contributed by atoms with Crippen LogP contribution in [-0.4, -0.2) is 33.9 Å². The van der Waals surface area contributed by atoms with Gasteiger partial charge in [0.05, 0.1) is 19.6 Å². The van der Waals surface area contributed by atoms with E-state index in [2.05, 4.69) is 10.4 Å². The van der Waals surface area contributed by atoms with E-state index in [0.717, 1.165) is 5.56 Å². The Morgan fingerprint density at radius 2 is 1.83 bits per heavy atom. The van der Waals surface area contributed by atoms with Gasteiger partial charge in [-0.2, -0.15) is 0 Å². The highest BCUT2D eigenvalue weighted by molar-refractivity contribution is 5.95. The lowest BCUT2D eigenvalue weighted by Gasteiger charge is -2.20. The van der Waals surface area contributed by atoms with Crippen LogP contribution in [0.3, 0.4) is 0 Å². The quantitative estimate of drug-likeness (QED) is 0.620. The molecule has 0 saturated heterocycles. The zero-order valence-electron chi connectivity index (χ0n) is 16.8. The van der Waals surface area contributed by atoms with E-state index in [1.165, 1.54) is 30.0 Å². The van der Waals surface area contributed by atoms with Crippen molar-refractivity contribution in [2.45, 2.75) is 26.3 Å². The van der Waals surface area contributed by atoms with E-state index in [9.17, 15) is 19.1 Å². The third kappa shape index (κ3) is 4.17. The highest BCUT2D eigenvalue weighted by Crippen LogP contribution is 2.27. The summed E-state index contributed by atoms with van der Waals surface area (Å²) in [4.78, 5) is 24.7. The van der Waals surface area contributed by atoms with Crippen LogP contribution in [0.1, 0.15) is 39.6 Å².